The van der Waals surface area contributed by atoms with Crippen LogP contribution in [0.15, 0.2) is 71.9 Å². The van der Waals surface area contributed by atoms with Crippen LogP contribution >= 0.6 is 11.8 Å². The fourth-order valence-electron chi connectivity index (χ4n) is 3.16. The monoisotopic (exact) mass is 482 g/mol. The third-order valence-corrected chi connectivity index (χ3v) is 5.78. The van der Waals surface area contributed by atoms with Crippen molar-refractivity contribution in [3.63, 3.8) is 0 Å². The van der Waals surface area contributed by atoms with E-state index in [2.05, 4.69) is 15.5 Å². The van der Waals surface area contributed by atoms with Crippen LogP contribution in [0.2, 0.25) is 0 Å². The molecule has 1 heterocycles. The van der Waals surface area contributed by atoms with Gasteiger partial charge in [0.15, 0.2) is 22.6 Å². The number of hydrogen-bond donors (Lipinski definition) is 1. The van der Waals surface area contributed by atoms with Gasteiger partial charge in [-0.1, -0.05) is 11.8 Å². The average Bonchev–Trinajstić information content (AvgIpc) is 3.29. The number of carbonyl (C=O) groups excluding carboxylic acids is 1. The van der Waals surface area contributed by atoms with Gasteiger partial charge < -0.3 is 14.8 Å². The summed E-state index contributed by atoms with van der Waals surface area (Å²) in [6.07, 6.45) is 0. The minimum atomic E-state index is -1.03. The largest absolute Gasteiger partial charge is 0.497 e. The van der Waals surface area contributed by atoms with E-state index < -0.39 is 17.5 Å². The van der Waals surface area contributed by atoms with E-state index in [1.54, 1.807) is 14.2 Å². The Morgan fingerprint density at radius 3 is 2.18 bits per heavy atom. The van der Waals surface area contributed by atoms with E-state index in [0.29, 0.717) is 22.5 Å². The molecule has 4 rings (SSSR count). The number of carbonyl (C=O) groups is 1. The summed E-state index contributed by atoms with van der Waals surface area (Å²) in [5.41, 5.74) is 1.75. The highest BCUT2D eigenvalue weighted by Crippen LogP contribution is 2.30. The van der Waals surface area contributed by atoms with Crippen molar-refractivity contribution >= 4 is 23.4 Å². The minimum Gasteiger partial charge on any atom is -0.497 e. The van der Waals surface area contributed by atoms with Crippen molar-refractivity contribution in [1.82, 2.24) is 14.8 Å². The number of halogens is 2. The maximum atomic E-state index is 13.4. The number of hydrogen-bond acceptors (Lipinski definition) is 6. The lowest BCUT2D eigenvalue weighted by molar-refractivity contribution is -0.113. The lowest BCUT2D eigenvalue weighted by atomic mass is 10.2. The van der Waals surface area contributed by atoms with E-state index in [1.165, 1.54) is 6.07 Å². The summed E-state index contributed by atoms with van der Waals surface area (Å²) >= 11 is 1.16. The van der Waals surface area contributed by atoms with Crippen molar-refractivity contribution < 1.29 is 23.0 Å². The Bertz CT molecular complexity index is 1290. The lowest BCUT2D eigenvalue weighted by Gasteiger charge is -2.11. The summed E-state index contributed by atoms with van der Waals surface area (Å²) in [5.74, 6) is -0.441. The van der Waals surface area contributed by atoms with Gasteiger partial charge in [0, 0.05) is 23.0 Å². The molecule has 4 aromatic rings. The quantitative estimate of drug-likeness (QED) is 0.358. The number of nitrogens with zero attached hydrogens (tertiary/aromatic N) is 3. The zero-order valence-corrected chi connectivity index (χ0v) is 19.1. The van der Waals surface area contributed by atoms with Gasteiger partial charge in [-0.2, -0.15) is 0 Å². The fraction of sp³-hybridized carbons (Fsp3) is 0.125. The smallest absolute Gasteiger partial charge is 0.234 e. The molecule has 0 unspecified atom stereocenters. The molecule has 0 atom stereocenters. The van der Waals surface area contributed by atoms with Crippen LogP contribution in [0.4, 0.5) is 14.5 Å². The molecule has 0 bridgehead atoms. The summed E-state index contributed by atoms with van der Waals surface area (Å²) < 4.78 is 38.8. The van der Waals surface area contributed by atoms with Crippen LogP contribution < -0.4 is 14.8 Å². The molecule has 10 heteroatoms. The van der Waals surface area contributed by atoms with Gasteiger partial charge in [0.1, 0.15) is 11.5 Å². The van der Waals surface area contributed by atoms with Crippen LogP contribution in [0.3, 0.4) is 0 Å². The SMILES string of the molecule is COc1ccc(-c2nnc(SCC(=O)Nc3ccc(F)c(F)c3)n2-c2ccc(OC)cc2)cc1. The molecule has 0 aliphatic rings. The van der Waals surface area contributed by atoms with Crippen LogP contribution in [-0.4, -0.2) is 40.6 Å². The van der Waals surface area contributed by atoms with E-state index in [4.69, 9.17) is 9.47 Å². The van der Waals surface area contributed by atoms with Crippen molar-refractivity contribution in [1.29, 1.82) is 0 Å². The first-order valence-electron chi connectivity index (χ1n) is 10.1. The van der Waals surface area contributed by atoms with E-state index in [1.807, 2.05) is 53.1 Å². The second kappa shape index (κ2) is 10.3. The summed E-state index contributed by atoms with van der Waals surface area (Å²) in [7, 11) is 3.18. The molecule has 0 aliphatic carbocycles. The van der Waals surface area contributed by atoms with Gasteiger partial charge >= 0.3 is 0 Å². The van der Waals surface area contributed by atoms with E-state index in [-0.39, 0.29) is 11.4 Å². The summed E-state index contributed by atoms with van der Waals surface area (Å²) in [5, 5.41) is 11.7. The molecule has 0 spiro atoms. The minimum absolute atomic E-state index is 0.0180. The number of rotatable bonds is 8. The summed E-state index contributed by atoms with van der Waals surface area (Å²) in [6, 6.07) is 17.9. The van der Waals surface area contributed by atoms with Crippen molar-refractivity contribution in [2.75, 3.05) is 25.3 Å². The third-order valence-electron chi connectivity index (χ3n) is 4.85. The number of ether oxygens (including phenoxy) is 2. The number of amides is 1. The number of benzene rings is 3. The summed E-state index contributed by atoms with van der Waals surface area (Å²) in [4.78, 5) is 12.4. The Morgan fingerprint density at radius 1 is 0.912 bits per heavy atom. The second-order valence-corrected chi connectivity index (χ2v) is 7.98. The van der Waals surface area contributed by atoms with Gasteiger partial charge in [-0.05, 0) is 60.7 Å². The maximum Gasteiger partial charge on any atom is 0.234 e. The zero-order valence-electron chi connectivity index (χ0n) is 18.3. The molecule has 1 amide bonds. The van der Waals surface area contributed by atoms with E-state index >= 15 is 0 Å². The van der Waals surface area contributed by atoms with Crippen LogP contribution in [0.25, 0.3) is 17.1 Å². The predicted molar refractivity (Wildman–Crippen MR) is 126 cm³/mol. The Balaban J connectivity index is 1.60. The molecule has 1 aromatic heterocycles. The van der Waals surface area contributed by atoms with Gasteiger partial charge in [-0.25, -0.2) is 8.78 Å². The number of thioether (sulfide) groups is 1. The van der Waals surface area contributed by atoms with Crippen LogP contribution in [-0.2, 0) is 4.79 Å². The summed E-state index contributed by atoms with van der Waals surface area (Å²) in [6.45, 7) is 0. The molecule has 0 aliphatic heterocycles. The lowest BCUT2D eigenvalue weighted by Crippen LogP contribution is -2.15. The molecule has 1 N–H and O–H groups in total. The van der Waals surface area contributed by atoms with E-state index in [9.17, 15) is 13.6 Å². The molecule has 0 saturated heterocycles. The van der Waals surface area contributed by atoms with Crippen molar-refractivity contribution in [2.24, 2.45) is 0 Å². The van der Waals surface area contributed by atoms with Crippen LogP contribution in [0, 0.1) is 11.6 Å². The van der Waals surface area contributed by atoms with Crippen molar-refractivity contribution in [3.8, 4) is 28.6 Å². The molecule has 0 fully saturated rings. The Hall–Kier alpha value is -3.92. The Morgan fingerprint density at radius 2 is 1.56 bits per heavy atom. The topological polar surface area (TPSA) is 78.3 Å². The number of aromatic nitrogens is 3. The van der Waals surface area contributed by atoms with Crippen LogP contribution in [0.1, 0.15) is 0 Å². The third kappa shape index (κ3) is 5.18. The molecule has 7 nitrogen and oxygen atoms in total. The number of methoxy groups -OCH3 is 2. The molecule has 3 aromatic carbocycles. The van der Waals surface area contributed by atoms with Gasteiger partial charge in [-0.15, -0.1) is 10.2 Å². The highest BCUT2D eigenvalue weighted by molar-refractivity contribution is 7.99. The average molecular weight is 483 g/mol. The molecule has 0 saturated carbocycles. The van der Waals surface area contributed by atoms with E-state index in [0.717, 1.165) is 35.1 Å². The normalized spacial score (nSPS) is 10.7. The molecule has 0 radical (unpaired) electrons. The standard InChI is InChI=1S/C24H20F2N4O3S/c1-32-18-8-3-15(4-9-18)23-28-29-24(30(23)17-6-10-19(33-2)11-7-17)34-14-22(31)27-16-5-12-20(25)21(26)13-16/h3-13H,14H2,1-2H3,(H,27,31). The number of nitrogens with one attached hydrogen (secondary N) is 1. The van der Waals surface area contributed by atoms with Crippen molar-refractivity contribution in [2.45, 2.75) is 5.16 Å². The second-order valence-electron chi connectivity index (χ2n) is 7.03. The van der Waals surface area contributed by atoms with Gasteiger partial charge in [-0.3, -0.25) is 9.36 Å². The van der Waals surface area contributed by atoms with Gasteiger partial charge in [0.05, 0.1) is 20.0 Å². The molecular weight excluding hydrogens is 462 g/mol. The fourth-order valence-corrected chi connectivity index (χ4v) is 3.91. The first-order chi connectivity index (χ1) is 16.5. The van der Waals surface area contributed by atoms with Crippen LogP contribution in [0.5, 0.6) is 11.5 Å². The zero-order chi connectivity index (χ0) is 24.1. The first kappa shape index (κ1) is 23.2. The van der Waals surface area contributed by atoms with Gasteiger partial charge in [0.2, 0.25) is 5.91 Å². The predicted octanol–water partition coefficient (Wildman–Crippen LogP) is 4.96. The Labute approximate surface area is 198 Å². The molecule has 174 valence electrons. The van der Waals surface area contributed by atoms with Gasteiger partial charge in [0.25, 0.3) is 0 Å². The maximum absolute atomic E-state index is 13.4. The van der Waals surface area contributed by atoms with Crippen molar-refractivity contribution in [3.05, 3.63) is 78.4 Å². The Kier molecular flexibility index (Phi) is 7.07. The molecule has 34 heavy (non-hydrogen) atoms. The highest BCUT2D eigenvalue weighted by atomic mass is 32.2. The highest BCUT2D eigenvalue weighted by Gasteiger charge is 2.18. The molecular formula is C24H20F2N4O3S. The first-order valence-corrected chi connectivity index (χ1v) is 11.1. The number of anilines is 1.